The number of aromatic nitrogens is 2. The zero-order valence-electron chi connectivity index (χ0n) is 15.0. The molecule has 1 fully saturated rings. The monoisotopic (exact) mass is 353 g/mol. The van der Waals surface area contributed by atoms with Crippen molar-refractivity contribution in [3.05, 3.63) is 42.1 Å². The van der Waals surface area contributed by atoms with Crippen molar-refractivity contribution in [3.63, 3.8) is 0 Å². The first-order valence-corrected chi connectivity index (χ1v) is 8.87. The molecule has 1 aromatic carbocycles. The number of phenolic OH excluding ortho intramolecular Hbond substituents is 1. The number of aromatic hydroxyl groups is 1. The van der Waals surface area contributed by atoms with E-state index in [1.54, 1.807) is 19.2 Å². The highest BCUT2D eigenvalue weighted by Gasteiger charge is 2.19. The van der Waals surface area contributed by atoms with Crippen LogP contribution in [0.2, 0.25) is 0 Å². The van der Waals surface area contributed by atoms with Gasteiger partial charge < -0.3 is 19.9 Å². The van der Waals surface area contributed by atoms with E-state index in [-0.39, 0.29) is 11.9 Å². The average molecular weight is 353 g/mol. The van der Waals surface area contributed by atoms with Gasteiger partial charge in [0.25, 0.3) is 0 Å². The van der Waals surface area contributed by atoms with Crippen molar-refractivity contribution in [3.8, 4) is 22.8 Å². The number of pyridine rings is 1. The van der Waals surface area contributed by atoms with Crippen molar-refractivity contribution >= 4 is 11.5 Å². The van der Waals surface area contributed by atoms with E-state index in [1.165, 1.54) is 0 Å². The first-order chi connectivity index (χ1) is 12.7. The van der Waals surface area contributed by atoms with Crippen LogP contribution in [0.25, 0.3) is 16.9 Å². The molecular formula is C20H23N3O3. The Morgan fingerprint density at radius 2 is 2.23 bits per heavy atom. The molecular weight excluding hydrogens is 330 g/mol. The highest BCUT2D eigenvalue weighted by molar-refractivity contribution is 5.78. The number of hydrogen-bond donors (Lipinski definition) is 2. The summed E-state index contributed by atoms with van der Waals surface area (Å²) in [4.78, 5) is 4.80. The zero-order chi connectivity index (χ0) is 18.1. The van der Waals surface area contributed by atoms with Crippen molar-refractivity contribution in [2.45, 2.75) is 25.9 Å². The summed E-state index contributed by atoms with van der Waals surface area (Å²) in [7, 11) is 1.54. The van der Waals surface area contributed by atoms with E-state index in [9.17, 15) is 5.11 Å². The van der Waals surface area contributed by atoms with Crippen LogP contribution in [-0.2, 0) is 4.74 Å². The Bertz CT molecular complexity index is 929. The van der Waals surface area contributed by atoms with Crippen LogP contribution < -0.4 is 10.1 Å². The standard InChI is InChI=1S/C20H23N3O3/c1-13-5-8-18-22-19(14-6-7-16(24)17(10-14)25-2)20(23(18)12-13)21-11-15-4-3-9-26-15/h5-8,10,12,15,21,24H,3-4,9,11H2,1-2H3/t15-/m1/s1. The number of benzene rings is 1. The number of methoxy groups -OCH3 is 1. The molecule has 0 saturated carbocycles. The van der Waals surface area contributed by atoms with Crippen LogP contribution in [0.3, 0.4) is 0 Å². The summed E-state index contributed by atoms with van der Waals surface area (Å²) in [6.45, 7) is 3.64. The number of anilines is 1. The van der Waals surface area contributed by atoms with E-state index >= 15 is 0 Å². The summed E-state index contributed by atoms with van der Waals surface area (Å²) < 4.78 is 13.1. The number of aryl methyl sites for hydroxylation is 1. The first kappa shape index (κ1) is 16.7. The van der Waals surface area contributed by atoms with E-state index in [2.05, 4.69) is 22.8 Å². The summed E-state index contributed by atoms with van der Waals surface area (Å²) >= 11 is 0. The highest BCUT2D eigenvalue weighted by atomic mass is 16.5. The van der Waals surface area contributed by atoms with Gasteiger partial charge in [-0.3, -0.25) is 4.40 Å². The number of hydrogen-bond acceptors (Lipinski definition) is 5. The normalized spacial score (nSPS) is 16.9. The Balaban J connectivity index is 1.78. The Labute approximate surface area is 152 Å². The number of rotatable bonds is 5. The molecule has 0 aliphatic carbocycles. The quantitative estimate of drug-likeness (QED) is 0.733. The van der Waals surface area contributed by atoms with Gasteiger partial charge >= 0.3 is 0 Å². The van der Waals surface area contributed by atoms with Gasteiger partial charge in [-0.2, -0.15) is 0 Å². The van der Waals surface area contributed by atoms with Gasteiger partial charge in [0.15, 0.2) is 11.5 Å². The fraction of sp³-hybridized carbons (Fsp3) is 0.350. The number of nitrogens with one attached hydrogen (secondary N) is 1. The molecule has 6 nitrogen and oxygen atoms in total. The molecule has 3 aromatic rings. The maximum absolute atomic E-state index is 9.89. The molecule has 2 aromatic heterocycles. The molecule has 1 atom stereocenters. The second kappa shape index (κ2) is 6.88. The fourth-order valence-electron chi connectivity index (χ4n) is 3.36. The van der Waals surface area contributed by atoms with Gasteiger partial charge in [-0.15, -0.1) is 0 Å². The van der Waals surface area contributed by atoms with Gasteiger partial charge in [0, 0.05) is 24.9 Å². The Kier molecular flexibility index (Phi) is 4.42. The third kappa shape index (κ3) is 3.08. The third-order valence-corrected chi connectivity index (χ3v) is 4.74. The molecule has 0 amide bonds. The topological polar surface area (TPSA) is 68.0 Å². The minimum absolute atomic E-state index is 0.115. The maximum atomic E-state index is 9.89. The number of fused-ring (bicyclic) bond motifs is 1. The van der Waals surface area contributed by atoms with Crippen molar-refractivity contribution < 1.29 is 14.6 Å². The largest absolute Gasteiger partial charge is 0.504 e. The molecule has 1 saturated heterocycles. The molecule has 136 valence electrons. The van der Waals surface area contributed by atoms with Crippen molar-refractivity contribution in [2.24, 2.45) is 0 Å². The van der Waals surface area contributed by atoms with Gasteiger partial charge in [0.1, 0.15) is 17.2 Å². The summed E-state index contributed by atoms with van der Waals surface area (Å²) in [6.07, 6.45) is 4.49. The molecule has 1 aliphatic heterocycles. The molecule has 0 spiro atoms. The SMILES string of the molecule is COc1cc(-c2nc3ccc(C)cn3c2NC[C@H]2CCCO2)ccc1O. The predicted molar refractivity (Wildman–Crippen MR) is 101 cm³/mol. The van der Waals surface area contributed by atoms with Crippen molar-refractivity contribution in [1.29, 1.82) is 0 Å². The fourth-order valence-corrected chi connectivity index (χ4v) is 3.36. The minimum atomic E-state index is 0.115. The van der Waals surface area contributed by atoms with Crippen LogP contribution in [0.4, 0.5) is 5.82 Å². The van der Waals surface area contributed by atoms with E-state index < -0.39 is 0 Å². The lowest BCUT2D eigenvalue weighted by atomic mass is 10.1. The second-order valence-corrected chi connectivity index (χ2v) is 6.65. The van der Waals surface area contributed by atoms with Gasteiger partial charge in [-0.1, -0.05) is 6.07 Å². The molecule has 0 radical (unpaired) electrons. The number of nitrogens with zero attached hydrogens (tertiary/aromatic N) is 2. The van der Waals surface area contributed by atoms with E-state index in [4.69, 9.17) is 14.5 Å². The number of phenols is 1. The Morgan fingerprint density at radius 3 is 3.00 bits per heavy atom. The summed E-state index contributed by atoms with van der Waals surface area (Å²) in [5, 5.41) is 13.4. The molecule has 0 unspecified atom stereocenters. The highest BCUT2D eigenvalue weighted by Crippen LogP contribution is 2.35. The second-order valence-electron chi connectivity index (χ2n) is 6.65. The van der Waals surface area contributed by atoms with Gasteiger partial charge in [-0.25, -0.2) is 4.98 Å². The van der Waals surface area contributed by atoms with Gasteiger partial charge in [-0.05, 0) is 49.6 Å². The molecule has 6 heteroatoms. The molecule has 4 rings (SSSR count). The Hall–Kier alpha value is -2.73. The summed E-state index contributed by atoms with van der Waals surface area (Å²) in [5.74, 6) is 1.47. The lowest BCUT2D eigenvalue weighted by Gasteiger charge is -2.14. The van der Waals surface area contributed by atoms with Crippen LogP contribution >= 0.6 is 0 Å². The van der Waals surface area contributed by atoms with Crippen LogP contribution in [-0.4, -0.2) is 40.9 Å². The molecule has 1 aliphatic rings. The summed E-state index contributed by atoms with van der Waals surface area (Å²) in [6, 6.07) is 9.35. The van der Waals surface area contributed by atoms with Crippen LogP contribution in [0, 0.1) is 6.92 Å². The van der Waals surface area contributed by atoms with E-state index in [0.717, 1.165) is 54.3 Å². The van der Waals surface area contributed by atoms with E-state index in [0.29, 0.717) is 5.75 Å². The number of imidazole rings is 1. The predicted octanol–water partition coefficient (Wildman–Crippen LogP) is 3.61. The van der Waals surface area contributed by atoms with Crippen LogP contribution in [0.1, 0.15) is 18.4 Å². The average Bonchev–Trinajstić information content (AvgIpc) is 3.28. The lowest BCUT2D eigenvalue weighted by Crippen LogP contribution is -2.19. The smallest absolute Gasteiger partial charge is 0.161 e. The maximum Gasteiger partial charge on any atom is 0.161 e. The zero-order valence-corrected chi connectivity index (χ0v) is 15.0. The molecule has 3 heterocycles. The van der Waals surface area contributed by atoms with Gasteiger partial charge in [0.2, 0.25) is 0 Å². The van der Waals surface area contributed by atoms with Crippen molar-refractivity contribution in [1.82, 2.24) is 9.38 Å². The minimum Gasteiger partial charge on any atom is -0.504 e. The molecule has 2 N–H and O–H groups in total. The van der Waals surface area contributed by atoms with Crippen LogP contribution in [0.15, 0.2) is 36.5 Å². The first-order valence-electron chi connectivity index (χ1n) is 8.87. The Morgan fingerprint density at radius 1 is 1.35 bits per heavy atom. The third-order valence-electron chi connectivity index (χ3n) is 4.74. The van der Waals surface area contributed by atoms with Crippen molar-refractivity contribution in [2.75, 3.05) is 25.6 Å². The van der Waals surface area contributed by atoms with E-state index in [1.807, 2.05) is 18.2 Å². The van der Waals surface area contributed by atoms with Gasteiger partial charge in [0.05, 0.1) is 13.2 Å². The number of ether oxygens (including phenoxy) is 2. The summed E-state index contributed by atoms with van der Waals surface area (Å²) in [5.41, 5.74) is 3.74. The lowest BCUT2D eigenvalue weighted by molar-refractivity contribution is 0.120. The molecule has 26 heavy (non-hydrogen) atoms. The van der Waals surface area contributed by atoms with Crippen LogP contribution in [0.5, 0.6) is 11.5 Å². The molecule has 0 bridgehead atoms.